The van der Waals surface area contributed by atoms with E-state index in [-0.39, 0.29) is 11.4 Å². The van der Waals surface area contributed by atoms with Gasteiger partial charge in [-0.15, -0.1) is 0 Å². The normalized spacial score (nSPS) is 27.6. The summed E-state index contributed by atoms with van der Waals surface area (Å²) in [7, 11) is 1.71. The number of nitrogens with zero attached hydrogens (tertiary/aromatic N) is 1. The van der Waals surface area contributed by atoms with Crippen molar-refractivity contribution >= 4 is 5.97 Å². The van der Waals surface area contributed by atoms with Crippen molar-refractivity contribution in [3.8, 4) is 0 Å². The highest BCUT2D eigenvalue weighted by atomic mass is 16.5. The maximum absolute atomic E-state index is 12.5. The largest absolute Gasteiger partial charge is 0.466 e. The molecule has 1 saturated carbocycles. The Balaban J connectivity index is 1.97. The second-order valence-electron chi connectivity index (χ2n) is 8.19. The number of methoxy groups -OCH3 is 1. The van der Waals surface area contributed by atoms with Crippen LogP contribution in [0.4, 0.5) is 0 Å². The fourth-order valence-corrected chi connectivity index (χ4v) is 4.42. The number of carbonyl (C=O) groups is 1. The number of hydrogen-bond donors (Lipinski definition) is 0. The van der Waals surface area contributed by atoms with Crippen molar-refractivity contribution in [3.05, 3.63) is 0 Å². The first kappa shape index (κ1) is 18.7. The predicted octanol–water partition coefficient (Wildman–Crippen LogP) is 3.64. The number of rotatable bonds is 6. The molecule has 0 radical (unpaired) electrons. The molecule has 0 N–H and O–H groups in total. The lowest BCUT2D eigenvalue weighted by Crippen LogP contribution is -2.50. The summed E-state index contributed by atoms with van der Waals surface area (Å²) >= 11 is 0. The van der Waals surface area contributed by atoms with Crippen molar-refractivity contribution in [1.29, 1.82) is 0 Å². The molecule has 4 nitrogen and oxygen atoms in total. The number of hydrogen-bond acceptors (Lipinski definition) is 4. The highest BCUT2D eigenvalue weighted by molar-refractivity contribution is 5.77. The fourth-order valence-electron chi connectivity index (χ4n) is 4.42. The SMILES string of the molecule is CCOC(=O)C1(CCOC)CCN([C@@H]2CCCC(C)(C)C2)CC1. The molecule has 2 fully saturated rings. The Morgan fingerprint density at radius 2 is 1.91 bits per heavy atom. The van der Waals surface area contributed by atoms with Gasteiger partial charge in [0.05, 0.1) is 12.0 Å². The number of esters is 1. The molecule has 4 heteroatoms. The zero-order valence-electron chi connectivity index (χ0n) is 15.5. The average Bonchev–Trinajstić information content (AvgIpc) is 2.52. The van der Waals surface area contributed by atoms with Gasteiger partial charge < -0.3 is 14.4 Å². The van der Waals surface area contributed by atoms with Gasteiger partial charge in [0.15, 0.2) is 0 Å². The first-order valence-electron chi connectivity index (χ1n) is 9.33. The smallest absolute Gasteiger partial charge is 0.312 e. The Morgan fingerprint density at radius 1 is 1.22 bits per heavy atom. The van der Waals surface area contributed by atoms with E-state index in [0.717, 1.165) is 32.4 Å². The highest BCUT2D eigenvalue weighted by Crippen LogP contribution is 2.41. The van der Waals surface area contributed by atoms with Crippen molar-refractivity contribution in [2.24, 2.45) is 10.8 Å². The summed E-state index contributed by atoms with van der Waals surface area (Å²) in [5.41, 5.74) is 0.140. The zero-order valence-corrected chi connectivity index (χ0v) is 15.5. The van der Waals surface area contributed by atoms with E-state index in [9.17, 15) is 4.79 Å². The molecule has 0 spiro atoms. The lowest BCUT2D eigenvalue weighted by molar-refractivity contribution is -0.160. The van der Waals surface area contributed by atoms with Crippen molar-refractivity contribution in [3.63, 3.8) is 0 Å². The van der Waals surface area contributed by atoms with Crippen LogP contribution in [0.15, 0.2) is 0 Å². The molecule has 1 saturated heterocycles. The summed E-state index contributed by atoms with van der Waals surface area (Å²) in [6, 6.07) is 0.696. The Morgan fingerprint density at radius 3 is 2.48 bits per heavy atom. The minimum atomic E-state index is -0.327. The van der Waals surface area contributed by atoms with Gasteiger partial charge in [-0.2, -0.15) is 0 Å². The van der Waals surface area contributed by atoms with E-state index in [2.05, 4.69) is 18.7 Å². The van der Waals surface area contributed by atoms with Gasteiger partial charge in [-0.3, -0.25) is 4.79 Å². The lowest BCUT2D eigenvalue weighted by atomic mass is 9.72. The van der Waals surface area contributed by atoms with E-state index < -0.39 is 0 Å². The van der Waals surface area contributed by atoms with E-state index in [1.165, 1.54) is 25.7 Å². The quantitative estimate of drug-likeness (QED) is 0.699. The topological polar surface area (TPSA) is 38.8 Å². The third-order valence-corrected chi connectivity index (χ3v) is 5.94. The minimum absolute atomic E-state index is 0.0133. The Kier molecular flexibility index (Phi) is 6.49. The minimum Gasteiger partial charge on any atom is -0.466 e. The van der Waals surface area contributed by atoms with E-state index in [1.54, 1.807) is 7.11 Å². The van der Waals surface area contributed by atoms with Gasteiger partial charge in [-0.25, -0.2) is 0 Å². The molecular weight excluding hydrogens is 290 g/mol. The number of ether oxygens (including phenoxy) is 2. The molecule has 0 aromatic heterocycles. The van der Waals surface area contributed by atoms with Gasteiger partial charge in [-0.05, 0) is 64.0 Å². The Labute approximate surface area is 141 Å². The second-order valence-corrected chi connectivity index (χ2v) is 8.19. The molecule has 2 aliphatic rings. The van der Waals surface area contributed by atoms with E-state index in [4.69, 9.17) is 9.47 Å². The molecule has 0 amide bonds. The van der Waals surface area contributed by atoms with Crippen LogP contribution in [0.3, 0.4) is 0 Å². The lowest BCUT2D eigenvalue weighted by Gasteiger charge is -2.46. The Bertz CT molecular complexity index is 386. The molecule has 1 aliphatic carbocycles. The highest BCUT2D eigenvalue weighted by Gasteiger charge is 2.44. The monoisotopic (exact) mass is 325 g/mol. The van der Waals surface area contributed by atoms with Crippen LogP contribution in [0.1, 0.15) is 65.7 Å². The molecule has 134 valence electrons. The first-order chi connectivity index (χ1) is 10.9. The molecule has 0 aromatic carbocycles. The van der Waals surface area contributed by atoms with Gasteiger partial charge in [0.25, 0.3) is 0 Å². The second kappa shape index (κ2) is 7.98. The van der Waals surface area contributed by atoms with Crippen LogP contribution in [-0.4, -0.2) is 50.3 Å². The summed E-state index contributed by atoms with van der Waals surface area (Å²) in [5.74, 6) is -0.0133. The molecule has 0 aromatic rings. The van der Waals surface area contributed by atoms with Gasteiger partial charge in [0.1, 0.15) is 0 Å². The van der Waals surface area contributed by atoms with Crippen LogP contribution in [0.25, 0.3) is 0 Å². The average molecular weight is 325 g/mol. The summed E-state index contributed by atoms with van der Waals surface area (Å²) in [6.07, 6.45) is 7.88. The standard InChI is InChI=1S/C19H35NO3/c1-5-23-17(21)19(11-14-22-4)9-12-20(13-10-19)16-7-6-8-18(2,3)15-16/h16H,5-15H2,1-4H3/t16-/m1/s1. The van der Waals surface area contributed by atoms with Crippen LogP contribution < -0.4 is 0 Å². The number of carbonyl (C=O) groups excluding carboxylic acids is 1. The molecular formula is C19H35NO3. The van der Waals surface area contributed by atoms with Crippen molar-refractivity contribution < 1.29 is 14.3 Å². The maximum atomic E-state index is 12.5. The molecule has 1 atom stereocenters. The fraction of sp³-hybridized carbons (Fsp3) is 0.947. The predicted molar refractivity (Wildman–Crippen MR) is 92.4 cm³/mol. The summed E-state index contributed by atoms with van der Waals surface area (Å²) < 4.78 is 10.6. The van der Waals surface area contributed by atoms with Crippen LogP contribution >= 0.6 is 0 Å². The summed E-state index contributed by atoms with van der Waals surface area (Å²) in [4.78, 5) is 15.1. The molecule has 0 unspecified atom stereocenters. The third kappa shape index (κ3) is 4.69. The van der Waals surface area contributed by atoms with E-state index in [0.29, 0.717) is 24.7 Å². The van der Waals surface area contributed by atoms with Gasteiger partial charge in [-0.1, -0.05) is 20.3 Å². The van der Waals surface area contributed by atoms with Crippen molar-refractivity contribution in [2.45, 2.75) is 71.8 Å². The first-order valence-corrected chi connectivity index (χ1v) is 9.33. The van der Waals surface area contributed by atoms with Crippen LogP contribution in [0, 0.1) is 10.8 Å². The zero-order chi connectivity index (χ0) is 16.9. The molecule has 1 aliphatic heterocycles. The molecule has 0 bridgehead atoms. The van der Waals surface area contributed by atoms with Gasteiger partial charge in [0.2, 0.25) is 0 Å². The summed E-state index contributed by atoms with van der Waals surface area (Å²) in [5, 5.41) is 0. The van der Waals surface area contributed by atoms with Crippen molar-refractivity contribution in [1.82, 2.24) is 4.90 Å². The van der Waals surface area contributed by atoms with Crippen LogP contribution in [0.5, 0.6) is 0 Å². The molecule has 2 rings (SSSR count). The van der Waals surface area contributed by atoms with Gasteiger partial charge in [0, 0.05) is 19.8 Å². The van der Waals surface area contributed by atoms with Crippen LogP contribution in [0.2, 0.25) is 0 Å². The van der Waals surface area contributed by atoms with Crippen LogP contribution in [-0.2, 0) is 14.3 Å². The maximum Gasteiger partial charge on any atom is 0.312 e. The molecule has 23 heavy (non-hydrogen) atoms. The number of likely N-dealkylation sites (tertiary alicyclic amines) is 1. The summed E-state index contributed by atoms with van der Waals surface area (Å²) in [6.45, 7) is 9.81. The van der Waals surface area contributed by atoms with Gasteiger partial charge >= 0.3 is 5.97 Å². The molecule has 1 heterocycles. The Hall–Kier alpha value is -0.610. The van der Waals surface area contributed by atoms with E-state index in [1.807, 2.05) is 6.92 Å². The van der Waals surface area contributed by atoms with E-state index >= 15 is 0 Å². The third-order valence-electron chi connectivity index (χ3n) is 5.94. The van der Waals surface area contributed by atoms with Crippen molar-refractivity contribution in [2.75, 3.05) is 33.4 Å². The number of piperidine rings is 1.